The first kappa shape index (κ1) is 12.8. The number of nitrogens with one attached hydrogen (secondary N) is 1. The second kappa shape index (κ2) is 4.57. The maximum atomic E-state index is 12.2. The standard InChI is InChI=1S/C13H19N3O2/c1-13(2)12(18)14-6-8-16(13)9-11(17)10-5-4-7-15(10)3/h4-5,7H,6,8-9H2,1-3H3,(H,14,18). The molecule has 0 aliphatic carbocycles. The molecule has 0 unspecified atom stereocenters. The van der Waals surface area contributed by atoms with Crippen molar-refractivity contribution in [2.24, 2.45) is 7.05 Å². The fraction of sp³-hybridized carbons (Fsp3) is 0.538. The smallest absolute Gasteiger partial charge is 0.240 e. The van der Waals surface area contributed by atoms with Crippen LogP contribution < -0.4 is 5.32 Å². The fourth-order valence-electron chi connectivity index (χ4n) is 2.23. The first-order valence-electron chi connectivity index (χ1n) is 6.11. The van der Waals surface area contributed by atoms with Crippen LogP contribution in [-0.2, 0) is 11.8 Å². The first-order valence-corrected chi connectivity index (χ1v) is 6.11. The van der Waals surface area contributed by atoms with E-state index in [-0.39, 0.29) is 18.2 Å². The Morgan fingerprint density at radius 3 is 2.83 bits per heavy atom. The van der Waals surface area contributed by atoms with Crippen LogP contribution >= 0.6 is 0 Å². The number of rotatable bonds is 3. The summed E-state index contributed by atoms with van der Waals surface area (Å²) in [4.78, 5) is 25.9. The summed E-state index contributed by atoms with van der Waals surface area (Å²) >= 11 is 0. The molecule has 0 aromatic carbocycles. The van der Waals surface area contributed by atoms with Gasteiger partial charge in [0.1, 0.15) is 0 Å². The number of Topliss-reactive ketones (excluding diaryl/α,β-unsaturated/α-hetero) is 1. The number of nitrogens with zero attached hydrogens (tertiary/aromatic N) is 2. The lowest BCUT2D eigenvalue weighted by molar-refractivity contribution is -0.134. The molecule has 1 saturated heterocycles. The number of aromatic nitrogens is 1. The van der Waals surface area contributed by atoms with Crippen molar-refractivity contribution in [3.8, 4) is 0 Å². The molecule has 18 heavy (non-hydrogen) atoms. The Morgan fingerprint density at radius 2 is 2.22 bits per heavy atom. The average Bonchev–Trinajstić information content (AvgIpc) is 2.72. The third-order valence-corrected chi connectivity index (χ3v) is 3.58. The molecule has 1 amide bonds. The minimum atomic E-state index is -0.626. The number of piperazine rings is 1. The number of hydrogen-bond donors (Lipinski definition) is 1. The molecule has 1 aliphatic heterocycles. The zero-order valence-corrected chi connectivity index (χ0v) is 11.1. The summed E-state index contributed by atoms with van der Waals surface area (Å²) in [6.07, 6.45) is 1.85. The highest BCUT2D eigenvalue weighted by molar-refractivity contribution is 5.97. The molecule has 0 radical (unpaired) electrons. The predicted molar refractivity (Wildman–Crippen MR) is 68.4 cm³/mol. The van der Waals surface area contributed by atoms with Crippen molar-refractivity contribution in [2.75, 3.05) is 19.6 Å². The summed E-state index contributed by atoms with van der Waals surface area (Å²) in [6, 6.07) is 3.65. The topological polar surface area (TPSA) is 54.3 Å². The monoisotopic (exact) mass is 249 g/mol. The van der Waals surface area contributed by atoms with Crippen LogP contribution in [-0.4, -0.2) is 46.3 Å². The van der Waals surface area contributed by atoms with Gasteiger partial charge in [0.05, 0.1) is 17.8 Å². The Bertz CT molecular complexity index is 476. The van der Waals surface area contributed by atoms with Crippen LogP contribution in [0.3, 0.4) is 0 Å². The first-order chi connectivity index (χ1) is 8.43. The average molecular weight is 249 g/mol. The molecule has 1 aliphatic rings. The molecule has 1 fully saturated rings. The van der Waals surface area contributed by atoms with E-state index in [4.69, 9.17) is 0 Å². The lowest BCUT2D eigenvalue weighted by Crippen LogP contribution is -2.62. The summed E-state index contributed by atoms with van der Waals surface area (Å²) in [5.74, 6) is 0.0266. The Kier molecular flexibility index (Phi) is 3.26. The number of ketones is 1. The molecule has 2 heterocycles. The maximum Gasteiger partial charge on any atom is 0.240 e. The van der Waals surface area contributed by atoms with Crippen molar-refractivity contribution < 1.29 is 9.59 Å². The molecule has 0 saturated carbocycles. The summed E-state index contributed by atoms with van der Waals surface area (Å²) < 4.78 is 1.80. The molecule has 5 heteroatoms. The molecule has 1 N–H and O–H groups in total. The van der Waals surface area contributed by atoms with E-state index < -0.39 is 5.54 Å². The second-order valence-corrected chi connectivity index (χ2v) is 5.16. The number of carbonyl (C=O) groups excluding carboxylic acids is 2. The van der Waals surface area contributed by atoms with Gasteiger partial charge in [-0.15, -0.1) is 0 Å². The highest BCUT2D eigenvalue weighted by Crippen LogP contribution is 2.18. The highest BCUT2D eigenvalue weighted by Gasteiger charge is 2.38. The van der Waals surface area contributed by atoms with E-state index in [1.165, 1.54) is 0 Å². The van der Waals surface area contributed by atoms with Gasteiger partial charge >= 0.3 is 0 Å². The van der Waals surface area contributed by atoms with E-state index in [0.29, 0.717) is 18.8 Å². The van der Waals surface area contributed by atoms with Gasteiger partial charge in [-0.3, -0.25) is 14.5 Å². The van der Waals surface area contributed by atoms with Gasteiger partial charge in [-0.2, -0.15) is 0 Å². The highest BCUT2D eigenvalue weighted by atomic mass is 16.2. The lowest BCUT2D eigenvalue weighted by Gasteiger charge is -2.40. The molecule has 1 aromatic rings. The summed E-state index contributed by atoms with van der Waals surface area (Å²) in [7, 11) is 1.85. The fourth-order valence-corrected chi connectivity index (χ4v) is 2.23. The van der Waals surface area contributed by atoms with Gasteiger partial charge in [-0.05, 0) is 26.0 Å². The second-order valence-electron chi connectivity index (χ2n) is 5.16. The molecule has 98 valence electrons. The zero-order chi connectivity index (χ0) is 13.3. The normalized spacial score (nSPS) is 19.6. The summed E-state index contributed by atoms with van der Waals surface area (Å²) in [5.41, 5.74) is 0.0517. The largest absolute Gasteiger partial charge is 0.353 e. The predicted octanol–water partition coefficient (Wildman–Crippen LogP) is 0.418. The Hall–Kier alpha value is -1.62. The van der Waals surface area contributed by atoms with E-state index in [9.17, 15) is 9.59 Å². The van der Waals surface area contributed by atoms with Crippen LogP contribution in [0.4, 0.5) is 0 Å². The summed E-state index contributed by atoms with van der Waals surface area (Å²) in [5, 5.41) is 2.82. The van der Waals surface area contributed by atoms with E-state index >= 15 is 0 Å². The van der Waals surface area contributed by atoms with Gasteiger partial charge in [0.15, 0.2) is 5.78 Å². The van der Waals surface area contributed by atoms with E-state index in [0.717, 1.165) is 0 Å². The van der Waals surface area contributed by atoms with E-state index in [2.05, 4.69) is 5.32 Å². The molecule has 0 bridgehead atoms. The molecular formula is C13H19N3O2. The van der Waals surface area contributed by atoms with Gasteiger partial charge in [-0.1, -0.05) is 0 Å². The quantitative estimate of drug-likeness (QED) is 0.790. The van der Waals surface area contributed by atoms with Gasteiger partial charge in [0, 0.05) is 26.3 Å². The van der Waals surface area contributed by atoms with Gasteiger partial charge in [-0.25, -0.2) is 0 Å². The van der Waals surface area contributed by atoms with Gasteiger partial charge in [0.2, 0.25) is 5.91 Å². The Labute approximate surface area is 107 Å². The molecule has 0 atom stereocenters. The third-order valence-electron chi connectivity index (χ3n) is 3.58. The zero-order valence-electron chi connectivity index (χ0n) is 11.1. The molecule has 0 spiro atoms. The van der Waals surface area contributed by atoms with Crippen LogP contribution in [0.15, 0.2) is 18.3 Å². The van der Waals surface area contributed by atoms with E-state index in [1.54, 1.807) is 10.6 Å². The SMILES string of the molecule is Cn1cccc1C(=O)CN1CCNC(=O)C1(C)C. The minimum Gasteiger partial charge on any atom is -0.353 e. The van der Waals surface area contributed by atoms with Crippen LogP contribution in [0, 0.1) is 0 Å². The number of hydrogen-bond acceptors (Lipinski definition) is 3. The molecular weight excluding hydrogens is 230 g/mol. The lowest BCUT2D eigenvalue weighted by atomic mass is 9.98. The van der Waals surface area contributed by atoms with Crippen molar-refractivity contribution in [3.05, 3.63) is 24.0 Å². The minimum absolute atomic E-state index is 0.0200. The molecule has 2 rings (SSSR count). The number of carbonyl (C=O) groups is 2. The van der Waals surface area contributed by atoms with Gasteiger partial charge < -0.3 is 9.88 Å². The Balaban J connectivity index is 2.12. The number of aryl methyl sites for hydroxylation is 1. The van der Waals surface area contributed by atoms with Crippen molar-refractivity contribution in [1.29, 1.82) is 0 Å². The van der Waals surface area contributed by atoms with Crippen LogP contribution in [0.1, 0.15) is 24.3 Å². The number of amides is 1. The van der Waals surface area contributed by atoms with Crippen molar-refractivity contribution in [2.45, 2.75) is 19.4 Å². The van der Waals surface area contributed by atoms with Crippen molar-refractivity contribution in [1.82, 2.24) is 14.8 Å². The van der Waals surface area contributed by atoms with Crippen molar-refractivity contribution in [3.63, 3.8) is 0 Å². The third kappa shape index (κ3) is 2.18. The summed E-state index contributed by atoms with van der Waals surface area (Å²) in [6.45, 7) is 5.27. The Morgan fingerprint density at radius 1 is 1.50 bits per heavy atom. The maximum absolute atomic E-state index is 12.2. The molecule has 5 nitrogen and oxygen atoms in total. The van der Waals surface area contributed by atoms with Crippen LogP contribution in [0.2, 0.25) is 0 Å². The van der Waals surface area contributed by atoms with E-state index in [1.807, 2.05) is 38.1 Å². The molecule has 1 aromatic heterocycles. The van der Waals surface area contributed by atoms with Crippen LogP contribution in [0.25, 0.3) is 0 Å². The van der Waals surface area contributed by atoms with Crippen LogP contribution in [0.5, 0.6) is 0 Å². The van der Waals surface area contributed by atoms with Crippen molar-refractivity contribution >= 4 is 11.7 Å². The van der Waals surface area contributed by atoms with Gasteiger partial charge in [0.25, 0.3) is 0 Å².